The van der Waals surface area contributed by atoms with Crippen LogP contribution in [0.3, 0.4) is 0 Å². The lowest BCUT2D eigenvalue weighted by molar-refractivity contribution is -0.140. The van der Waals surface area contributed by atoms with E-state index < -0.39 is 12.0 Å². The number of rotatable bonds is 6. The number of halogens is 1. The van der Waals surface area contributed by atoms with Gasteiger partial charge in [-0.2, -0.15) is 0 Å². The molecule has 1 aromatic carbocycles. The predicted molar refractivity (Wildman–Crippen MR) is 84.5 cm³/mol. The average Bonchev–Trinajstić information content (AvgIpc) is 2.42. The van der Waals surface area contributed by atoms with E-state index in [1.165, 1.54) is 0 Å². The van der Waals surface area contributed by atoms with Crippen molar-refractivity contribution in [3.05, 3.63) is 41.0 Å². The van der Waals surface area contributed by atoms with E-state index in [1.807, 2.05) is 38.1 Å². The molecular weight excluding hydrogens is 288 g/mol. The third kappa shape index (κ3) is 4.16. The number of carbonyl (C=O) groups is 1. The minimum absolute atomic E-state index is 0.313. The summed E-state index contributed by atoms with van der Waals surface area (Å²) in [6.07, 6.45) is 2.31. The Morgan fingerprint density at radius 1 is 1.43 bits per heavy atom. The van der Waals surface area contributed by atoms with Crippen LogP contribution in [0.4, 0.5) is 0 Å². The van der Waals surface area contributed by atoms with Crippen molar-refractivity contribution in [2.24, 2.45) is 5.92 Å². The largest absolute Gasteiger partial charge is 0.480 e. The van der Waals surface area contributed by atoms with Crippen molar-refractivity contribution < 1.29 is 9.90 Å². The van der Waals surface area contributed by atoms with Crippen molar-refractivity contribution in [2.45, 2.75) is 32.9 Å². The fourth-order valence-electron chi connectivity index (χ4n) is 2.34. The molecule has 5 heteroatoms. The number of pyridine rings is 1. The van der Waals surface area contributed by atoms with E-state index in [9.17, 15) is 9.90 Å². The third-order valence-electron chi connectivity index (χ3n) is 3.29. The average molecular weight is 307 g/mol. The molecule has 0 saturated heterocycles. The van der Waals surface area contributed by atoms with Crippen LogP contribution in [-0.4, -0.2) is 22.1 Å². The summed E-state index contributed by atoms with van der Waals surface area (Å²) in [6, 6.07) is 6.92. The topological polar surface area (TPSA) is 62.2 Å². The second kappa shape index (κ2) is 6.87. The van der Waals surface area contributed by atoms with E-state index in [0.29, 0.717) is 23.9 Å². The van der Waals surface area contributed by atoms with E-state index >= 15 is 0 Å². The molecule has 0 amide bonds. The van der Waals surface area contributed by atoms with Crippen molar-refractivity contribution in [1.29, 1.82) is 0 Å². The van der Waals surface area contributed by atoms with E-state index in [2.05, 4.69) is 10.3 Å². The number of hydrogen-bond acceptors (Lipinski definition) is 3. The smallest absolute Gasteiger partial charge is 0.320 e. The van der Waals surface area contributed by atoms with Crippen molar-refractivity contribution in [3.63, 3.8) is 0 Å². The quantitative estimate of drug-likeness (QED) is 0.857. The molecule has 0 radical (unpaired) electrons. The zero-order chi connectivity index (χ0) is 15.4. The van der Waals surface area contributed by atoms with Crippen LogP contribution in [0, 0.1) is 5.92 Å². The normalized spacial score (nSPS) is 12.8. The van der Waals surface area contributed by atoms with E-state index in [-0.39, 0.29) is 0 Å². The standard InChI is InChI=1S/C16H19ClN2O2/c1-10(2)6-14(16(20)21)19-9-12-8-13(17)7-11-4-3-5-18-15(11)12/h3-5,7-8,10,14,19H,6,9H2,1-2H3,(H,20,21)/t14-/m1/s1. The van der Waals surface area contributed by atoms with Crippen LogP contribution in [-0.2, 0) is 11.3 Å². The minimum Gasteiger partial charge on any atom is -0.480 e. The van der Waals surface area contributed by atoms with Crippen molar-refractivity contribution >= 4 is 28.5 Å². The third-order valence-corrected chi connectivity index (χ3v) is 3.51. The molecule has 0 aliphatic carbocycles. The van der Waals surface area contributed by atoms with Crippen molar-refractivity contribution in [3.8, 4) is 0 Å². The Bertz CT molecular complexity index is 643. The lowest BCUT2D eigenvalue weighted by atomic mass is 10.0. The highest BCUT2D eigenvalue weighted by Gasteiger charge is 2.18. The molecule has 2 N–H and O–H groups in total. The molecule has 0 aliphatic rings. The molecule has 2 rings (SSSR count). The maximum Gasteiger partial charge on any atom is 0.320 e. The van der Waals surface area contributed by atoms with E-state index in [4.69, 9.17) is 11.6 Å². The molecule has 0 unspecified atom stereocenters. The highest BCUT2D eigenvalue weighted by molar-refractivity contribution is 6.31. The zero-order valence-corrected chi connectivity index (χ0v) is 12.9. The second-order valence-corrected chi connectivity index (χ2v) is 5.98. The highest BCUT2D eigenvalue weighted by Crippen LogP contribution is 2.22. The molecule has 0 fully saturated rings. The number of fused-ring (bicyclic) bond motifs is 1. The van der Waals surface area contributed by atoms with Crippen LogP contribution >= 0.6 is 11.6 Å². The van der Waals surface area contributed by atoms with Gasteiger partial charge in [-0.25, -0.2) is 0 Å². The van der Waals surface area contributed by atoms with Gasteiger partial charge in [0, 0.05) is 23.2 Å². The molecule has 21 heavy (non-hydrogen) atoms. The minimum atomic E-state index is -0.831. The van der Waals surface area contributed by atoms with Gasteiger partial charge in [-0.05, 0) is 36.1 Å². The van der Waals surface area contributed by atoms with Crippen molar-refractivity contribution in [2.75, 3.05) is 0 Å². The predicted octanol–water partition coefficient (Wildman–Crippen LogP) is 3.48. The van der Waals surface area contributed by atoms with Crippen molar-refractivity contribution in [1.82, 2.24) is 10.3 Å². The van der Waals surface area contributed by atoms with Crippen LogP contribution in [0.25, 0.3) is 10.9 Å². The molecule has 112 valence electrons. The molecular formula is C16H19ClN2O2. The number of benzene rings is 1. The number of carboxylic acid groups (broad SMARTS) is 1. The molecule has 0 spiro atoms. The number of aromatic nitrogens is 1. The van der Waals surface area contributed by atoms with Gasteiger partial charge in [0.25, 0.3) is 0 Å². The van der Waals surface area contributed by atoms with Gasteiger partial charge >= 0.3 is 5.97 Å². The highest BCUT2D eigenvalue weighted by atomic mass is 35.5. The molecule has 2 aromatic rings. The number of nitrogens with zero attached hydrogens (tertiary/aromatic N) is 1. The lowest BCUT2D eigenvalue weighted by Crippen LogP contribution is -2.37. The summed E-state index contributed by atoms with van der Waals surface area (Å²) in [4.78, 5) is 15.6. The zero-order valence-electron chi connectivity index (χ0n) is 12.1. The molecule has 1 heterocycles. The Kier molecular flexibility index (Phi) is 5.15. The van der Waals surface area contributed by atoms with Crippen LogP contribution < -0.4 is 5.32 Å². The first kappa shape index (κ1) is 15.7. The monoisotopic (exact) mass is 306 g/mol. The van der Waals surface area contributed by atoms with Gasteiger partial charge in [-0.3, -0.25) is 9.78 Å². The Hall–Kier alpha value is -1.65. The van der Waals surface area contributed by atoms with Gasteiger partial charge in [-0.15, -0.1) is 0 Å². The number of carboxylic acids is 1. The summed E-state index contributed by atoms with van der Waals surface area (Å²) in [5.41, 5.74) is 1.76. The molecule has 0 saturated carbocycles. The molecule has 0 bridgehead atoms. The first-order valence-electron chi connectivity index (χ1n) is 6.96. The number of nitrogens with one attached hydrogen (secondary N) is 1. The molecule has 1 atom stereocenters. The van der Waals surface area contributed by atoms with Gasteiger partial charge < -0.3 is 10.4 Å². The van der Waals surface area contributed by atoms with Gasteiger partial charge in [0.1, 0.15) is 6.04 Å². The summed E-state index contributed by atoms with van der Waals surface area (Å²) in [6.45, 7) is 4.44. The summed E-state index contributed by atoms with van der Waals surface area (Å²) in [5, 5.41) is 13.9. The molecule has 4 nitrogen and oxygen atoms in total. The van der Waals surface area contributed by atoms with Crippen LogP contribution in [0.2, 0.25) is 5.02 Å². The molecule has 0 aliphatic heterocycles. The SMILES string of the molecule is CC(C)C[C@@H](NCc1cc(Cl)cc2cccnc12)C(=O)O. The maximum absolute atomic E-state index is 11.3. The Labute approximate surface area is 129 Å². The summed E-state index contributed by atoms with van der Waals surface area (Å²) in [5.74, 6) is -0.518. The summed E-state index contributed by atoms with van der Waals surface area (Å²) < 4.78 is 0. The second-order valence-electron chi connectivity index (χ2n) is 5.54. The Morgan fingerprint density at radius 2 is 2.19 bits per heavy atom. The van der Waals surface area contributed by atoms with Crippen LogP contribution in [0.5, 0.6) is 0 Å². The fraction of sp³-hybridized carbons (Fsp3) is 0.375. The van der Waals surface area contributed by atoms with Gasteiger partial charge in [0.15, 0.2) is 0 Å². The van der Waals surface area contributed by atoms with Crippen LogP contribution in [0.15, 0.2) is 30.5 Å². The van der Waals surface area contributed by atoms with Gasteiger partial charge in [-0.1, -0.05) is 31.5 Å². The Balaban J connectivity index is 2.21. The lowest BCUT2D eigenvalue weighted by Gasteiger charge is -2.17. The molecule has 1 aromatic heterocycles. The van der Waals surface area contributed by atoms with Gasteiger partial charge in [0.05, 0.1) is 5.52 Å². The maximum atomic E-state index is 11.3. The van der Waals surface area contributed by atoms with E-state index in [1.54, 1.807) is 6.20 Å². The number of aliphatic carboxylic acids is 1. The summed E-state index contributed by atoms with van der Waals surface area (Å²) >= 11 is 6.11. The number of hydrogen-bond donors (Lipinski definition) is 2. The van der Waals surface area contributed by atoms with Gasteiger partial charge in [0.2, 0.25) is 0 Å². The Morgan fingerprint density at radius 3 is 2.86 bits per heavy atom. The summed E-state index contributed by atoms with van der Waals surface area (Å²) in [7, 11) is 0. The van der Waals surface area contributed by atoms with E-state index in [0.717, 1.165) is 16.5 Å². The first-order chi connectivity index (χ1) is 9.97. The first-order valence-corrected chi connectivity index (χ1v) is 7.34. The van der Waals surface area contributed by atoms with Crippen LogP contribution in [0.1, 0.15) is 25.8 Å². The fourth-order valence-corrected chi connectivity index (χ4v) is 2.59.